The highest BCUT2D eigenvalue weighted by molar-refractivity contribution is 5.78. The number of aromatic nitrogens is 2. The van der Waals surface area contributed by atoms with Crippen LogP contribution in [-0.2, 0) is 9.53 Å². The van der Waals surface area contributed by atoms with Gasteiger partial charge in [0.25, 0.3) is 0 Å². The summed E-state index contributed by atoms with van der Waals surface area (Å²) in [6, 6.07) is 2.12. The first-order chi connectivity index (χ1) is 12.0. The lowest BCUT2D eigenvalue weighted by atomic mass is 9.91. The van der Waals surface area contributed by atoms with Gasteiger partial charge in [0, 0.05) is 44.3 Å². The highest BCUT2D eigenvalue weighted by atomic mass is 16.5. The van der Waals surface area contributed by atoms with Gasteiger partial charge in [0.2, 0.25) is 5.91 Å². The monoisotopic (exact) mass is 347 g/mol. The van der Waals surface area contributed by atoms with Crippen LogP contribution in [-0.4, -0.2) is 77.7 Å². The maximum atomic E-state index is 12.7. The van der Waals surface area contributed by atoms with Gasteiger partial charge in [-0.05, 0) is 18.9 Å². The van der Waals surface area contributed by atoms with Crippen molar-refractivity contribution in [2.45, 2.75) is 26.8 Å². The number of carbonyl (C=O) groups excluding carboxylic acids is 1. The second-order valence-electron chi connectivity index (χ2n) is 7.34. The van der Waals surface area contributed by atoms with Crippen LogP contribution < -0.4 is 5.32 Å². The van der Waals surface area contributed by atoms with Crippen molar-refractivity contribution in [3.05, 3.63) is 18.1 Å². The number of rotatable bonds is 5. The predicted molar refractivity (Wildman–Crippen MR) is 96.3 cm³/mol. The molecule has 7 heteroatoms. The minimum Gasteiger partial charge on any atom is -0.379 e. The number of hydrogen-bond donors (Lipinski definition) is 1. The predicted octanol–water partition coefficient (Wildman–Crippen LogP) is 1.01. The summed E-state index contributed by atoms with van der Waals surface area (Å²) in [7, 11) is 0. The van der Waals surface area contributed by atoms with E-state index in [0.29, 0.717) is 18.4 Å². The van der Waals surface area contributed by atoms with Crippen LogP contribution in [0.5, 0.6) is 0 Å². The molecule has 1 aromatic rings. The normalized spacial score (nSPS) is 24.7. The number of hydrogen-bond acceptors (Lipinski definition) is 6. The first-order valence-electron chi connectivity index (χ1n) is 9.17. The van der Waals surface area contributed by atoms with E-state index in [1.165, 1.54) is 0 Å². The molecule has 0 aliphatic carbocycles. The smallest absolute Gasteiger partial charge is 0.236 e. The SMILES string of the molecule is Cc1nccc(N[C@H]2CN(C(=O)CN3CCOCC3)C[C@@H]2C(C)C)n1. The van der Waals surface area contributed by atoms with Crippen molar-refractivity contribution in [3.8, 4) is 0 Å². The number of ether oxygens (including phenoxy) is 1. The van der Waals surface area contributed by atoms with Crippen LogP contribution in [0.4, 0.5) is 5.82 Å². The lowest BCUT2D eigenvalue weighted by molar-refractivity contribution is -0.132. The van der Waals surface area contributed by atoms with E-state index in [4.69, 9.17) is 4.74 Å². The fourth-order valence-corrected chi connectivity index (χ4v) is 3.64. The Hall–Kier alpha value is -1.73. The molecule has 7 nitrogen and oxygen atoms in total. The van der Waals surface area contributed by atoms with Crippen LogP contribution in [0.1, 0.15) is 19.7 Å². The molecular weight excluding hydrogens is 318 g/mol. The van der Waals surface area contributed by atoms with E-state index in [2.05, 4.69) is 34.0 Å². The molecule has 138 valence electrons. The van der Waals surface area contributed by atoms with Crippen LogP contribution in [0.15, 0.2) is 12.3 Å². The van der Waals surface area contributed by atoms with Gasteiger partial charge in [0.1, 0.15) is 11.6 Å². The van der Waals surface area contributed by atoms with Crippen LogP contribution >= 0.6 is 0 Å². The number of likely N-dealkylation sites (tertiary alicyclic amines) is 1. The van der Waals surface area contributed by atoms with Crippen molar-refractivity contribution in [2.75, 3.05) is 51.3 Å². The lowest BCUT2D eigenvalue weighted by Crippen LogP contribution is -2.44. The molecular formula is C18H29N5O2. The molecule has 0 aromatic carbocycles. The minimum absolute atomic E-state index is 0.218. The molecule has 0 bridgehead atoms. The number of amides is 1. The highest BCUT2D eigenvalue weighted by Gasteiger charge is 2.37. The van der Waals surface area contributed by atoms with Gasteiger partial charge in [-0.25, -0.2) is 9.97 Å². The summed E-state index contributed by atoms with van der Waals surface area (Å²) in [5.74, 6) is 2.73. The van der Waals surface area contributed by atoms with Gasteiger partial charge in [0.05, 0.1) is 19.8 Å². The topological polar surface area (TPSA) is 70.6 Å². The molecule has 0 unspecified atom stereocenters. The molecule has 1 N–H and O–H groups in total. The van der Waals surface area contributed by atoms with E-state index in [9.17, 15) is 4.79 Å². The van der Waals surface area contributed by atoms with Gasteiger partial charge in [-0.3, -0.25) is 9.69 Å². The van der Waals surface area contributed by atoms with E-state index >= 15 is 0 Å². The van der Waals surface area contributed by atoms with E-state index in [-0.39, 0.29) is 11.9 Å². The molecule has 2 atom stereocenters. The number of carbonyl (C=O) groups is 1. The molecule has 2 aliphatic heterocycles. The average molecular weight is 347 g/mol. The summed E-state index contributed by atoms with van der Waals surface area (Å²) in [4.78, 5) is 25.5. The Kier molecular flexibility index (Phi) is 5.86. The molecule has 0 radical (unpaired) electrons. The average Bonchev–Trinajstić information content (AvgIpc) is 3.00. The van der Waals surface area contributed by atoms with Crippen molar-refractivity contribution in [3.63, 3.8) is 0 Å². The first kappa shape index (κ1) is 18.1. The summed E-state index contributed by atoms with van der Waals surface area (Å²) >= 11 is 0. The second-order valence-corrected chi connectivity index (χ2v) is 7.34. The molecule has 3 rings (SSSR count). The fraction of sp³-hybridized carbons (Fsp3) is 0.722. The van der Waals surface area contributed by atoms with Crippen LogP contribution in [0.2, 0.25) is 0 Å². The fourth-order valence-electron chi connectivity index (χ4n) is 3.64. The van der Waals surface area contributed by atoms with Crippen LogP contribution in [0.3, 0.4) is 0 Å². The quantitative estimate of drug-likeness (QED) is 0.857. The molecule has 1 amide bonds. The zero-order chi connectivity index (χ0) is 17.8. The Morgan fingerprint density at radius 1 is 1.36 bits per heavy atom. The van der Waals surface area contributed by atoms with Gasteiger partial charge < -0.3 is 15.0 Å². The maximum Gasteiger partial charge on any atom is 0.236 e. The standard InChI is InChI=1S/C18H29N5O2/c1-13(2)15-10-23(18(24)12-22-6-8-25-9-7-22)11-16(15)21-17-4-5-19-14(3)20-17/h4-5,13,15-16H,6-12H2,1-3H3,(H,19,20,21)/t15-,16+/m1/s1. The van der Waals surface area contributed by atoms with Crippen molar-refractivity contribution in [1.29, 1.82) is 0 Å². The number of nitrogens with zero attached hydrogens (tertiary/aromatic N) is 4. The number of morpholine rings is 1. The van der Waals surface area contributed by atoms with Gasteiger partial charge in [-0.2, -0.15) is 0 Å². The molecule has 0 saturated carbocycles. The van der Waals surface area contributed by atoms with Crippen molar-refractivity contribution >= 4 is 11.7 Å². The summed E-state index contributed by atoms with van der Waals surface area (Å²) in [6.45, 7) is 11.5. The van der Waals surface area contributed by atoms with E-state index in [1.54, 1.807) is 6.20 Å². The zero-order valence-electron chi connectivity index (χ0n) is 15.4. The van der Waals surface area contributed by atoms with Gasteiger partial charge in [-0.1, -0.05) is 13.8 Å². The Bertz CT molecular complexity index is 589. The number of anilines is 1. The third kappa shape index (κ3) is 4.67. The highest BCUT2D eigenvalue weighted by Crippen LogP contribution is 2.27. The van der Waals surface area contributed by atoms with E-state index in [0.717, 1.165) is 51.0 Å². The molecule has 3 heterocycles. The maximum absolute atomic E-state index is 12.7. The zero-order valence-corrected chi connectivity index (χ0v) is 15.4. The summed E-state index contributed by atoms with van der Waals surface area (Å²) in [6.07, 6.45) is 1.77. The summed E-state index contributed by atoms with van der Waals surface area (Å²) in [5, 5.41) is 3.52. The van der Waals surface area contributed by atoms with Gasteiger partial charge >= 0.3 is 0 Å². The largest absolute Gasteiger partial charge is 0.379 e. The lowest BCUT2D eigenvalue weighted by Gasteiger charge is -2.28. The molecule has 0 spiro atoms. The molecule has 2 saturated heterocycles. The van der Waals surface area contributed by atoms with Gasteiger partial charge in [-0.15, -0.1) is 0 Å². The Morgan fingerprint density at radius 3 is 2.80 bits per heavy atom. The third-order valence-electron chi connectivity index (χ3n) is 5.15. The molecule has 25 heavy (non-hydrogen) atoms. The van der Waals surface area contributed by atoms with E-state index < -0.39 is 0 Å². The number of nitrogens with one attached hydrogen (secondary N) is 1. The van der Waals surface area contributed by atoms with Crippen molar-refractivity contribution in [2.24, 2.45) is 11.8 Å². The van der Waals surface area contributed by atoms with Crippen molar-refractivity contribution in [1.82, 2.24) is 19.8 Å². The Labute approximate surface area is 149 Å². The van der Waals surface area contributed by atoms with Crippen molar-refractivity contribution < 1.29 is 9.53 Å². The Balaban J connectivity index is 1.62. The minimum atomic E-state index is 0.218. The number of aryl methyl sites for hydroxylation is 1. The molecule has 2 fully saturated rings. The summed E-state index contributed by atoms with van der Waals surface area (Å²) < 4.78 is 5.36. The first-order valence-corrected chi connectivity index (χ1v) is 9.17. The Morgan fingerprint density at radius 2 is 2.12 bits per heavy atom. The van der Waals surface area contributed by atoms with Crippen LogP contribution in [0, 0.1) is 18.8 Å². The molecule has 2 aliphatic rings. The van der Waals surface area contributed by atoms with Gasteiger partial charge in [0.15, 0.2) is 0 Å². The third-order valence-corrected chi connectivity index (χ3v) is 5.15. The molecule has 1 aromatic heterocycles. The second kappa shape index (κ2) is 8.10. The van der Waals surface area contributed by atoms with Crippen LogP contribution in [0.25, 0.3) is 0 Å². The summed E-state index contributed by atoms with van der Waals surface area (Å²) in [5.41, 5.74) is 0. The van der Waals surface area contributed by atoms with E-state index in [1.807, 2.05) is 17.9 Å².